The van der Waals surface area contributed by atoms with Gasteiger partial charge in [-0.15, -0.1) is 6.58 Å². The Hall–Kier alpha value is -2.42. The van der Waals surface area contributed by atoms with Crippen molar-refractivity contribution in [3.8, 4) is 0 Å². The van der Waals surface area contributed by atoms with Crippen molar-refractivity contribution >= 4 is 23.6 Å². The number of carbonyl (C=O) groups excluding carboxylic acids is 4. The van der Waals surface area contributed by atoms with Gasteiger partial charge < -0.3 is 15.1 Å². The average molecular weight is 408 g/mol. The summed E-state index contributed by atoms with van der Waals surface area (Å²) >= 11 is 0. The lowest BCUT2D eigenvalue weighted by Gasteiger charge is -2.28. The number of carbonyl (C=O) groups is 4. The minimum absolute atomic E-state index is 0.00744. The number of hydrogen-bond acceptors (Lipinski definition) is 5. The molecule has 0 aromatic heterocycles. The van der Waals surface area contributed by atoms with Crippen LogP contribution in [-0.2, 0) is 19.2 Å². The predicted molar refractivity (Wildman–Crippen MR) is 108 cm³/mol. The molecule has 9 heteroatoms. The molecule has 2 rings (SSSR count). The van der Waals surface area contributed by atoms with Gasteiger partial charge in [0.2, 0.25) is 17.7 Å². The van der Waals surface area contributed by atoms with Crippen LogP contribution in [0.1, 0.15) is 51.4 Å². The van der Waals surface area contributed by atoms with Gasteiger partial charge in [0.15, 0.2) is 0 Å². The fourth-order valence-corrected chi connectivity index (χ4v) is 3.87. The number of piperidine rings is 1. The molecule has 0 unspecified atom stereocenters. The van der Waals surface area contributed by atoms with Crippen LogP contribution >= 0.6 is 0 Å². The Bertz CT molecular complexity index is 618. The van der Waals surface area contributed by atoms with E-state index >= 15 is 0 Å². The van der Waals surface area contributed by atoms with E-state index in [9.17, 15) is 19.2 Å². The van der Waals surface area contributed by atoms with Gasteiger partial charge in [-0.2, -0.15) is 0 Å². The first-order valence-electron chi connectivity index (χ1n) is 10.4. The van der Waals surface area contributed by atoms with Crippen LogP contribution < -0.4 is 16.2 Å². The van der Waals surface area contributed by atoms with E-state index in [4.69, 9.17) is 0 Å². The monoisotopic (exact) mass is 407 g/mol. The maximum atomic E-state index is 12.7. The molecular weight excluding hydrogens is 374 g/mol. The Kier molecular flexibility index (Phi) is 9.11. The lowest BCUT2D eigenvalue weighted by atomic mass is 10.1. The van der Waals surface area contributed by atoms with Crippen molar-refractivity contribution in [3.63, 3.8) is 0 Å². The third kappa shape index (κ3) is 6.56. The molecule has 0 aromatic carbocycles. The Balaban J connectivity index is 1.88. The van der Waals surface area contributed by atoms with Gasteiger partial charge in [0.25, 0.3) is 5.91 Å². The third-order valence-electron chi connectivity index (χ3n) is 5.42. The number of nitrogens with one attached hydrogen (secondary N) is 3. The molecule has 2 saturated heterocycles. The van der Waals surface area contributed by atoms with Crippen LogP contribution in [-0.4, -0.2) is 72.2 Å². The zero-order chi connectivity index (χ0) is 21.2. The second kappa shape index (κ2) is 11.5. The van der Waals surface area contributed by atoms with Crippen LogP contribution in [0.4, 0.5) is 0 Å². The average Bonchev–Trinajstić information content (AvgIpc) is 3.22. The summed E-state index contributed by atoms with van der Waals surface area (Å²) in [5.41, 5.74) is 4.99. The molecule has 0 aliphatic carbocycles. The van der Waals surface area contributed by atoms with E-state index in [2.05, 4.69) is 22.7 Å². The first kappa shape index (κ1) is 22.9. The van der Waals surface area contributed by atoms with Crippen LogP contribution in [0, 0.1) is 0 Å². The zero-order valence-corrected chi connectivity index (χ0v) is 17.2. The van der Waals surface area contributed by atoms with Gasteiger partial charge in [0, 0.05) is 39.5 Å². The Morgan fingerprint density at radius 3 is 2.38 bits per heavy atom. The zero-order valence-electron chi connectivity index (χ0n) is 17.2. The fraction of sp³-hybridized carbons (Fsp3) is 0.700. The third-order valence-corrected chi connectivity index (χ3v) is 5.42. The number of nitrogens with zero attached hydrogens (tertiary/aromatic N) is 2. The number of rotatable bonds is 9. The highest BCUT2D eigenvalue weighted by molar-refractivity contribution is 5.93. The van der Waals surface area contributed by atoms with Crippen molar-refractivity contribution in [2.24, 2.45) is 0 Å². The van der Waals surface area contributed by atoms with Gasteiger partial charge in [-0.1, -0.05) is 6.08 Å². The fourth-order valence-electron chi connectivity index (χ4n) is 3.87. The predicted octanol–water partition coefficient (Wildman–Crippen LogP) is 0.0816. The van der Waals surface area contributed by atoms with Crippen molar-refractivity contribution in [2.75, 3.05) is 26.7 Å². The van der Waals surface area contributed by atoms with Gasteiger partial charge in [0.05, 0.1) is 0 Å². The van der Waals surface area contributed by atoms with E-state index in [0.29, 0.717) is 13.0 Å². The molecule has 29 heavy (non-hydrogen) atoms. The summed E-state index contributed by atoms with van der Waals surface area (Å²) in [5, 5.41) is 2.71. The Morgan fingerprint density at radius 2 is 1.72 bits per heavy atom. The van der Waals surface area contributed by atoms with Gasteiger partial charge in [-0.05, 0) is 38.5 Å². The van der Waals surface area contributed by atoms with E-state index in [1.54, 1.807) is 18.0 Å². The van der Waals surface area contributed by atoms with Crippen LogP contribution in [0.5, 0.6) is 0 Å². The topological polar surface area (TPSA) is 111 Å². The van der Waals surface area contributed by atoms with Crippen LogP contribution in [0.3, 0.4) is 0 Å². The van der Waals surface area contributed by atoms with Gasteiger partial charge >= 0.3 is 0 Å². The summed E-state index contributed by atoms with van der Waals surface area (Å²) in [6.45, 7) is 5.64. The molecule has 0 spiro atoms. The molecule has 3 N–H and O–H groups in total. The van der Waals surface area contributed by atoms with Gasteiger partial charge in [-0.25, -0.2) is 5.43 Å². The second-order valence-electron chi connectivity index (χ2n) is 7.51. The van der Waals surface area contributed by atoms with Crippen molar-refractivity contribution in [3.05, 3.63) is 12.7 Å². The molecule has 0 radical (unpaired) electrons. The van der Waals surface area contributed by atoms with Crippen LogP contribution in [0.2, 0.25) is 0 Å². The number of hydrazine groups is 1. The first-order valence-corrected chi connectivity index (χ1v) is 10.4. The molecule has 4 amide bonds. The van der Waals surface area contributed by atoms with Crippen LogP contribution in [0.15, 0.2) is 12.7 Å². The SMILES string of the molecule is C=CC[C@@H](NC(=O)[C@@H]1CCCN1C(=O)CCC(=O)N1CCCCC1)C(=O)NNC. The van der Waals surface area contributed by atoms with E-state index in [1.165, 1.54) is 0 Å². The highest BCUT2D eigenvalue weighted by Crippen LogP contribution is 2.20. The van der Waals surface area contributed by atoms with Crippen molar-refractivity contribution in [1.29, 1.82) is 0 Å². The van der Waals surface area contributed by atoms with Crippen LogP contribution in [0.25, 0.3) is 0 Å². The molecule has 0 aromatic rings. The molecular formula is C20H33N5O4. The number of amides is 4. The Morgan fingerprint density at radius 1 is 1.03 bits per heavy atom. The maximum absolute atomic E-state index is 12.7. The summed E-state index contributed by atoms with van der Waals surface area (Å²) in [7, 11) is 1.56. The summed E-state index contributed by atoms with van der Waals surface area (Å²) in [4.78, 5) is 53.1. The summed E-state index contributed by atoms with van der Waals surface area (Å²) < 4.78 is 0. The smallest absolute Gasteiger partial charge is 0.256 e. The minimum Gasteiger partial charge on any atom is -0.343 e. The van der Waals surface area contributed by atoms with E-state index in [1.807, 2.05) is 4.90 Å². The van der Waals surface area contributed by atoms with Crippen molar-refractivity contribution in [2.45, 2.75) is 63.5 Å². The maximum Gasteiger partial charge on any atom is 0.256 e. The molecule has 0 saturated carbocycles. The molecule has 0 bridgehead atoms. The minimum atomic E-state index is -0.759. The molecule has 162 valence electrons. The first-order chi connectivity index (χ1) is 14.0. The lowest BCUT2D eigenvalue weighted by molar-refractivity contribution is -0.141. The quantitative estimate of drug-likeness (QED) is 0.370. The highest BCUT2D eigenvalue weighted by atomic mass is 16.2. The molecule has 9 nitrogen and oxygen atoms in total. The summed E-state index contributed by atoms with van der Waals surface area (Å²) in [5.74, 6) is -0.902. The standard InChI is InChI=1S/C20H33N5O4/c1-3-8-15(19(28)23-21-2)22-20(29)16-9-7-14-25(16)18(27)11-10-17(26)24-12-5-4-6-13-24/h3,15-16,21H,1,4-14H2,2H3,(H,22,29)(H,23,28)/t15-,16+/m1/s1. The normalized spacial score (nSPS) is 20.1. The number of likely N-dealkylation sites (tertiary alicyclic amines) is 2. The van der Waals surface area contributed by atoms with Gasteiger partial charge in [-0.3, -0.25) is 24.6 Å². The molecule has 2 heterocycles. The highest BCUT2D eigenvalue weighted by Gasteiger charge is 2.35. The molecule has 2 aliphatic rings. The van der Waals surface area contributed by atoms with Crippen molar-refractivity contribution < 1.29 is 19.2 Å². The molecule has 2 aliphatic heterocycles. The largest absolute Gasteiger partial charge is 0.343 e. The van der Waals surface area contributed by atoms with Gasteiger partial charge in [0.1, 0.15) is 12.1 Å². The molecule has 2 fully saturated rings. The number of hydrogen-bond donors (Lipinski definition) is 3. The second-order valence-corrected chi connectivity index (χ2v) is 7.51. The lowest BCUT2D eigenvalue weighted by Crippen LogP contribution is -2.54. The summed E-state index contributed by atoms with van der Waals surface area (Å²) in [6, 6.07) is -1.37. The molecule has 2 atom stereocenters. The summed E-state index contributed by atoms with van der Waals surface area (Å²) in [6.07, 6.45) is 6.57. The van der Waals surface area contributed by atoms with E-state index < -0.39 is 12.1 Å². The van der Waals surface area contributed by atoms with E-state index in [0.717, 1.165) is 38.8 Å². The van der Waals surface area contributed by atoms with E-state index in [-0.39, 0.29) is 42.9 Å². The van der Waals surface area contributed by atoms with Crippen molar-refractivity contribution in [1.82, 2.24) is 26.0 Å². The Labute approximate surface area is 172 Å².